The highest BCUT2D eigenvalue weighted by Gasteiger charge is 2.21. The van der Waals surface area contributed by atoms with Crippen molar-refractivity contribution in [3.8, 4) is 39.5 Å². The Hall–Kier alpha value is -5.58. The lowest BCUT2D eigenvalue weighted by molar-refractivity contribution is 1.09. The minimum absolute atomic E-state index is 0.717. The quantitative estimate of drug-likeness (QED) is 0.208. The molecule has 4 heteroatoms. The van der Waals surface area contributed by atoms with Crippen molar-refractivity contribution in [1.29, 1.82) is 0 Å². The second-order valence-corrected chi connectivity index (χ2v) is 12.1. The van der Waals surface area contributed by atoms with E-state index in [1.165, 1.54) is 47.6 Å². The van der Waals surface area contributed by atoms with Gasteiger partial charge in [-0.1, -0.05) is 127 Å². The topological polar surface area (TPSA) is 30.7 Å². The molecule has 6 aromatic carbocycles. The first kappa shape index (κ1) is 25.0. The van der Waals surface area contributed by atoms with Crippen LogP contribution in [-0.2, 0) is 0 Å². The van der Waals surface area contributed by atoms with Crippen molar-refractivity contribution in [1.82, 2.24) is 14.5 Å². The van der Waals surface area contributed by atoms with E-state index in [2.05, 4.69) is 126 Å². The second-order valence-electron chi connectivity index (χ2n) is 11.0. The molecule has 0 saturated heterocycles. The van der Waals surface area contributed by atoms with Crippen molar-refractivity contribution in [2.45, 2.75) is 0 Å². The van der Waals surface area contributed by atoms with E-state index in [4.69, 9.17) is 9.97 Å². The summed E-state index contributed by atoms with van der Waals surface area (Å²) in [6.45, 7) is 0. The van der Waals surface area contributed by atoms with E-state index in [-0.39, 0.29) is 0 Å². The molecule has 0 aliphatic heterocycles. The zero-order chi connectivity index (χ0) is 29.0. The third kappa shape index (κ3) is 3.89. The number of para-hydroxylation sites is 1. The van der Waals surface area contributed by atoms with Crippen molar-refractivity contribution in [2.75, 3.05) is 0 Å². The molecule has 0 spiro atoms. The molecule has 0 radical (unpaired) electrons. The van der Waals surface area contributed by atoms with Crippen LogP contribution in [0.4, 0.5) is 0 Å². The van der Waals surface area contributed by atoms with Crippen molar-refractivity contribution in [3.05, 3.63) is 152 Å². The average Bonchev–Trinajstić information content (AvgIpc) is 3.65. The molecule has 0 unspecified atom stereocenters. The largest absolute Gasteiger partial charge is 0.304 e. The van der Waals surface area contributed by atoms with E-state index in [0.29, 0.717) is 0 Å². The first-order chi connectivity index (χ1) is 21.8. The first-order valence-electron chi connectivity index (χ1n) is 14.8. The minimum atomic E-state index is 0.717. The summed E-state index contributed by atoms with van der Waals surface area (Å²) in [4.78, 5) is 10.2. The van der Waals surface area contributed by atoms with Crippen molar-refractivity contribution in [2.24, 2.45) is 0 Å². The van der Waals surface area contributed by atoms with E-state index >= 15 is 0 Å². The molecule has 3 heterocycles. The van der Waals surface area contributed by atoms with Crippen LogP contribution in [0, 0.1) is 0 Å². The molecular formula is C40H25N3S. The molecule has 0 aliphatic carbocycles. The van der Waals surface area contributed by atoms with Crippen molar-refractivity contribution in [3.63, 3.8) is 0 Å². The smallest absolute Gasteiger partial charge is 0.159 e. The normalized spacial score (nSPS) is 11.6. The molecule has 0 amide bonds. The van der Waals surface area contributed by atoms with Gasteiger partial charge in [-0.05, 0) is 29.3 Å². The highest BCUT2D eigenvalue weighted by Crippen LogP contribution is 2.44. The van der Waals surface area contributed by atoms with E-state index in [1.54, 1.807) is 0 Å². The molecule has 0 saturated carbocycles. The molecule has 0 N–H and O–H groups in total. The summed E-state index contributed by atoms with van der Waals surface area (Å²) in [5, 5.41) is 5.00. The molecular weight excluding hydrogens is 555 g/mol. The Morgan fingerprint density at radius 3 is 1.93 bits per heavy atom. The molecule has 206 valence electrons. The van der Waals surface area contributed by atoms with E-state index < -0.39 is 0 Å². The van der Waals surface area contributed by atoms with Crippen LogP contribution < -0.4 is 0 Å². The van der Waals surface area contributed by atoms with Gasteiger partial charge < -0.3 is 4.57 Å². The lowest BCUT2D eigenvalue weighted by Gasteiger charge is -2.14. The number of rotatable bonds is 4. The summed E-state index contributed by atoms with van der Waals surface area (Å²) in [7, 11) is 0. The van der Waals surface area contributed by atoms with Crippen LogP contribution >= 0.6 is 11.3 Å². The monoisotopic (exact) mass is 579 g/mol. The molecule has 3 aromatic heterocycles. The van der Waals surface area contributed by atoms with Gasteiger partial charge in [0.15, 0.2) is 5.82 Å². The third-order valence-corrected chi connectivity index (χ3v) is 9.66. The fourth-order valence-electron chi connectivity index (χ4n) is 6.42. The number of nitrogens with zero attached hydrogens (tertiary/aromatic N) is 3. The molecule has 0 bridgehead atoms. The van der Waals surface area contributed by atoms with Crippen LogP contribution in [0.5, 0.6) is 0 Å². The Labute approximate surface area is 258 Å². The van der Waals surface area contributed by atoms with Gasteiger partial charge in [-0.15, -0.1) is 11.3 Å². The summed E-state index contributed by atoms with van der Waals surface area (Å²) in [6, 6.07) is 51.4. The van der Waals surface area contributed by atoms with E-state index in [1.807, 2.05) is 41.8 Å². The zero-order valence-corrected chi connectivity index (χ0v) is 24.5. The Morgan fingerprint density at radius 1 is 0.500 bits per heavy atom. The van der Waals surface area contributed by atoms with Gasteiger partial charge in [0.25, 0.3) is 0 Å². The van der Waals surface area contributed by atoms with Gasteiger partial charge in [0, 0.05) is 37.4 Å². The number of aromatic nitrogens is 3. The third-order valence-electron chi connectivity index (χ3n) is 8.47. The SMILES string of the molecule is c1ccc(-c2ccc3sc4c(ccc5c6ccccc6n(-c6cnc(-c7ccccc7)nc6-c6ccccc6)c54)c3c2)cc1. The van der Waals surface area contributed by atoms with Gasteiger partial charge in [0.2, 0.25) is 0 Å². The molecule has 9 rings (SSSR count). The maximum atomic E-state index is 5.22. The van der Waals surface area contributed by atoms with Crippen LogP contribution in [0.1, 0.15) is 0 Å². The summed E-state index contributed by atoms with van der Waals surface area (Å²) in [6.07, 6.45) is 2.00. The predicted molar refractivity (Wildman–Crippen MR) is 186 cm³/mol. The van der Waals surface area contributed by atoms with Gasteiger partial charge in [0.1, 0.15) is 0 Å². The van der Waals surface area contributed by atoms with Gasteiger partial charge in [-0.3, -0.25) is 0 Å². The van der Waals surface area contributed by atoms with Crippen LogP contribution in [0.15, 0.2) is 152 Å². The van der Waals surface area contributed by atoms with Crippen LogP contribution in [-0.4, -0.2) is 14.5 Å². The van der Waals surface area contributed by atoms with Crippen LogP contribution in [0.3, 0.4) is 0 Å². The summed E-state index contributed by atoms with van der Waals surface area (Å²) in [5.74, 6) is 0.717. The Morgan fingerprint density at radius 2 is 1.16 bits per heavy atom. The van der Waals surface area contributed by atoms with Crippen LogP contribution in [0.25, 0.3) is 81.4 Å². The van der Waals surface area contributed by atoms with Gasteiger partial charge in [0.05, 0.1) is 33.3 Å². The highest BCUT2D eigenvalue weighted by atomic mass is 32.1. The lowest BCUT2D eigenvalue weighted by atomic mass is 10.0. The molecule has 44 heavy (non-hydrogen) atoms. The fourth-order valence-corrected chi connectivity index (χ4v) is 7.64. The average molecular weight is 580 g/mol. The summed E-state index contributed by atoms with van der Waals surface area (Å²) in [5.41, 5.74) is 8.74. The van der Waals surface area contributed by atoms with Gasteiger partial charge >= 0.3 is 0 Å². The summed E-state index contributed by atoms with van der Waals surface area (Å²) >= 11 is 1.86. The molecule has 9 aromatic rings. The zero-order valence-electron chi connectivity index (χ0n) is 23.7. The molecule has 0 aliphatic rings. The number of fused-ring (bicyclic) bond motifs is 7. The first-order valence-corrected chi connectivity index (χ1v) is 15.6. The Balaban J connectivity index is 1.37. The molecule has 0 fully saturated rings. The van der Waals surface area contributed by atoms with Gasteiger partial charge in [-0.2, -0.15) is 0 Å². The molecule has 0 atom stereocenters. The summed E-state index contributed by atoms with van der Waals surface area (Å²) < 4.78 is 4.94. The van der Waals surface area contributed by atoms with Crippen molar-refractivity contribution >= 4 is 53.3 Å². The standard InChI is InChI=1S/C40H25N3S/c1-4-12-26(13-5-1)29-20-23-36-33(24-29)32-22-21-31-30-18-10-11-19-34(30)43(38(31)39(32)44-36)35-25-41-40(28-16-8-3-9-17-28)42-37(35)27-14-6-2-7-15-27/h1-25H. The van der Waals surface area contributed by atoms with E-state index in [9.17, 15) is 0 Å². The van der Waals surface area contributed by atoms with Gasteiger partial charge in [-0.25, -0.2) is 9.97 Å². The number of benzene rings is 6. The minimum Gasteiger partial charge on any atom is -0.304 e. The second kappa shape index (κ2) is 10.0. The predicted octanol–water partition coefficient (Wildman–Crippen LogP) is 10.9. The maximum Gasteiger partial charge on any atom is 0.159 e. The number of hydrogen-bond donors (Lipinski definition) is 0. The fraction of sp³-hybridized carbons (Fsp3) is 0. The Bertz CT molecular complexity index is 2480. The lowest BCUT2D eigenvalue weighted by Crippen LogP contribution is -2.02. The highest BCUT2D eigenvalue weighted by molar-refractivity contribution is 7.26. The number of hydrogen-bond acceptors (Lipinski definition) is 3. The van der Waals surface area contributed by atoms with Crippen LogP contribution in [0.2, 0.25) is 0 Å². The van der Waals surface area contributed by atoms with E-state index in [0.717, 1.165) is 33.8 Å². The molecule has 3 nitrogen and oxygen atoms in total. The van der Waals surface area contributed by atoms with Crippen molar-refractivity contribution < 1.29 is 0 Å². The maximum absolute atomic E-state index is 5.22. The Kier molecular flexibility index (Phi) is 5.68. The number of thiophene rings is 1.